The maximum Gasteiger partial charge on any atom is 0.333 e. The fourth-order valence-corrected chi connectivity index (χ4v) is 1.61. The van der Waals surface area contributed by atoms with Gasteiger partial charge in [0.15, 0.2) is 5.78 Å². The average molecular weight is 276 g/mol. The van der Waals surface area contributed by atoms with E-state index in [0.717, 1.165) is 18.9 Å². The third-order valence-electron chi connectivity index (χ3n) is 2.74. The van der Waals surface area contributed by atoms with Crippen molar-refractivity contribution in [2.24, 2.45) is 0 Å². The summed E-state index contributed by atoms with van der Waals surface area (Å²) >= 11 is 0. The van der Waals surface area contributed by atoms with Gasteiger partial charge in [0.05, 0.1) is 0 Å². The van der Waals surface area contributed by atoms with E-state index >= 15 is 0 Å². The van der Waals surface area contributed by atoms with Crippen molar-refractivity contribution in [1.29, 1.82) is 0 Å². The molecule has 0 N–H and O–H groups in total. The third kappa shape index (κ3) is 5.26. The summed E-state index contributed by atoms with van der Waals surface area (Å²) in [4.78, 5) is 22.4. The first-order valence-electron chi connectivity index (χ1n) is 6.67. The molecule has 0 radical (unpaired) electrons. The van der Waals surface area contributed by atoms with Crippen molar-refractivity contribution < 1.29 is 19.1 Å². The second kappa shape index (κ2) is 8.15. The molecule has 1 atom stereocenters. The maximum absolute atomic E-state index is 11.3. The second-order valence-electron chi connectivity index (χ2n) is 4.41. The predicted octanol–water partition coefficient (Wildman–Crippen LogP) is 3.51. The van der Waals surface area contributed by atoms with Gasteiger partial charge in [-0.15, -0.1) is 0 Å². The van der Waals surface area contributed by atoms with Crippen molar-refractivity contribution in [1.82, 2.24) is 0 Å². The second-order valence-corrected chi connectivity index (χ2v) is 4.41. The van der Waals surface area contributed by atoms with Crippen molar-refractivity contribution >= 4 is 11.8 Å². The largest absolute Gasteiger partial charge is 0.455 e. The zero-order valence-electron chi connectivity index (χ0n) is 11.9. The highest BCUT2D eigenvalue weighted by Gasteiger charge is 2.14. The van der Waals surface area contributed by atoms with Crippen molar-refractivity contribution in [2.45, 2.75) is 39.4 Å². The van der Waals surface area contributed by atoms with Gasteiger partial charge in [-0.2, -0.15) is 0 Å². The SMILES string of the molecule is C=CC(=O)OC(CCCC)Oc1ccc(C(C)=O)cc1. The summed E-state index contributed by atoms with van der Waals surface area (Å²) in [6, 6.07) is 6.75. The van der Waals surface area contributed by atoms with Gasteiger partial charge in [0.25, 0.3) is 0 Å². The number of ether oxygens (including phenoxy) is 2. The molecular formula is C16H20O4. The minimum atomic E-state index is -0.636. The van der Waals surface area contributed by atoms with Gasteiger partial charge < -0.3 is 9.47 Å². The van der Waals surface area contributed by atoms with Crippen LogP contribution < -0.4 is 4.74 Å². The van der Waals surface area contributed by atoms with Crippen molar-refractivity contribution in [2.75, 3.05) is 0 Å². The zero-order valence-corrected chi connectivity index (χ0v) is 11.9. The standard InChI is InChI=1S/C16H20O4/c1-4-6-7-16(20-15(18)5-2)19-14-10-8-13(9-11-14)12(3)17/h5,8-11,16H,2,4,6-7H2,1,3H3. The summed E-state index contributed by atoms with van der Waals surface area (Å²) in [6.07, 6.45) is 2.96. The number of Topliss-reactive ketones (excluding diaryl/α,β-unsaturated/α-hetero) is 1. The summed E-state index contributed by atoms with van der Waals surface area (Å²) in [5.74, 6) is 0.0524. The Labute approximate surface area is 119 Å². The Kier molecular flexibility index (Phi) is 6.50. The monoisotopic (exact) mass is 276 g/mol. The molecule has 0 fully saturated rings. The summed E-state index contributed by atoms with van der Waals surface area (Å²) in [5.41, 5.74) is 0.616. The molecule has 4 heteroatoms. The van der Waals surface area contributed by atoms with Gasteiger partial charge in [-0.25, -0.2) is 4.79 Å². The zero-order chi connectivity index (χ0) is 15.0. The fourth-order valence-electron chi connectivity index (χ4n) is 1.61. The van der Waals surface area contributed by atoms with Crippen LogP contribution in [0.5, 0.6) is 5.75 Å². The van der Waals surface area contributed by atoms with E-state index in [0.29, 0.717) is 17.7 Å². The van der Waals surface area contributed by atoms with Crippen LogP contribution in [0.15, 0.2) is 36.9 Å². The Morgan fingerprint density at radius 2 is 1.95 bits per heavy atom. The summed E-state index contributed by atoms with van der Waals surface area (Å²) in [7, 11) is 0. The van der Waals surface area contributed by atoms with E-state index in [9.17, 15) is 9.59 Å². The van der Waals surface area contributed by atoms with Crippen molar-refractivity contribution in [3.63, 3.8) is 0 Å². The van der Waals surface area contributed by atoms with Gasteiger partial charge in [-0.1, -0.05) is 19.9 Å². The van der Waals surface area contributed by atoms with Crippen LogP contribution in [0.2, 0.25) is 0 Å². The lowest BCUT2D eigenvalue weighted by atomic mass is 10.1. The van der Waals surface area contributed by atoms with Crippen LogP contribution in [0.25, 0.3) is 0 Å². The molecule has 0 aliphatic rings. The Balaban J connectivity index is 2.69. The molecule has 0 spiro atoms. The van der Waals surface area contributed by atoms with Gasteiger partial charge in [-0.05, 0) is 37.6 Å². The van der Waals surface area contributed by atoms with Crippen LogP contribution >= 0.6 is 0 Å². The molecular weight excluding hydrogens is 256 g/mol. The summed E-state index contributed by atoms with van der Waals surface area (Å²) in [6.45, 7) is 6.92. The van der Waals surface area contributed by atoms with Crippen LogP contribution in [0.3, 0.4) is 0 Å². The van der Waals surface area contributed by atoms with E-state index in [2.05, 4.69) is 6.58 Å². The molecule has 0 heterocycles. The molecule has 0 amide bonds. The Hall–Kier alpha value is -2.10. The molecule has 0 bridgehead atoms. The van der Waals surface area contributed by atoms with Gasteiger partial charge in [0.2, 0.25) is 6.29 Å². The third-order valence-corrected chi connectivity index (χ3v) is 2.74. The summed E-state index contributed by atoms with van der Waals surface area (Å²) in [5, 5.41) is 0. The number of hydrogen-bond acceptors (Lipinski definition) is 4. The molecule has 1 aromatic rings. The lowest BCUT2D eigenvalue weighted by Gasteiger charge is -2.18. The number of carbonyl (C=O) groups is 2. The number of rotatable bonds is 8. The van der Waals surface area contributed by atoms with E-state index < -0.39 is 12.3 Å². The van der Waals surface area contributed by atoms with E-state index in [-0.39, 0.29) is 5.78 Å². The highest BCUT2D eigenvalue weighted by Crippen LogP contribution is 2.17. The lowest BCUT2D eigenvalue weighted by Crippen LogP contribution is -2.23. The molecule has 0 aliphatic carbocycles. The number of ketones is 1. The van der Waals surface area contributed by atoms with E-state index in [1.54, 1.807) is 24.3 Å². The fraction of sp³-hybridized carbons (Fsp3) is 0.375. The summed E-state index contributed by atoms with van der Waals surface area (Å²) < 4.78 is 10.8. The first kappa shape index (κ1) is 16.0. The molecule has 108 valence electrons. The molecule has 4 nitrogen and oxygen atoms in total. The highest BCUT2D eigenvalue weighted by molar-refractivity contribution is 5.94. The normalized spacial score (nSPS) is 11.5. The molecule has 1 aromatic carbocycles. The molecule has 1 rings (SSSR count). The van der Waals surface area contributed by atoms with Crippen LogP contribution in [0, 0.1) is 0 Å². The van der Waals surface area contributed by atoms with Crippen LogP contribution in [0.1, 0.15) is 43.5 Å². The van der Waals surface area contributed by atoms with Gasteiger partial charge in [0, 0.05) is 18.1 Å². The highest BCUT2D eigenvalue weighted by atomic mass is 16.7. The number of hydrogen-bond donors (Lipinski definition) is 0. The molecule has 0 aromatic heterocycles. The topological polar surface area (TPSA) is 52.6 Å². The molecule has 0 saturated heterocycles. The van der Waals surface area contributed by atoms with Gasteiger partial charge >= 0.3 is 5.97 Å². The first-order valence-corrected chi connectivity index (χ1v) is 6.67. The van der Waals surface area contributed by atoms with Crippen LogP contribution in [-0.2, 0) is 9.53 Å². The lowest BCUT2D eigenvalue weighted by molar-refractivity contribution is -0.158. The quantitative estimate of drug-likeness (QED) is 0.315. The Morgan fingerprint density at radius 3 is 2.45 bits per heavy atom. The minimum Gasteiger partial charge on any atom is -0.455 e. The maximum atomic E-state index is 11.3. The number of esters is 1. The number of carbonyl (C=O) groups excluding carboxylic acids is 2. The number of benzene rings is 1. The molecule has 1 unspecified atom stereocenters. The Morgan fingerprint density at radius 1 is 1.30 bits per heavy atom. The van der Waals surface area contributed by atoms with E-state index in [1.165, 1.54) is 6.92 Å². The van der Waals surface area contributed by atoms with Gasteiger partial charge in [0.1, 0.15) is 5.75 Å². The van der Waals surface area contributed by atoms with E-state index in [4.69, 9.17) is 9.47 Å². The molecule has 0 saturated carbocycles. The minimum absolute atomic E-state index is 0.00262. The molecule has 20 heavy (non-hydrogen) atoms. The van der Waals surface area contributed by atoms with Crippen LogP contribution in [0.4, 0.5) is 0 Å². The average Bonchev–Trinajstić information content (AvgIpc) is 2.45. The molecule has 0 aliphatic heterocycles. The number of unbranched alkanes of at least 4 members (excludes halogenated alkanes) is 1. The van der Waals surface area contributed by atoms with Gasteiger partial charge in [-0.3, -0.25) is 4.79 Å². The Bertz CT molecular complexity index is 462. The van der Waals surface area contributed by atoms with Crippen LogP contribution in [-0.4, -0.2) is 18.0 Å². The first-order chi connectivity index (χ1) is 9.56. The predicted molar refractivity (Wildman–Crippen MR) is 76.7 cm³/mol. The van der Waals surface area contributed by atoms with Crippen molar-refractivity contribution in [3.05, 3.63) is 42.5 Å². The van der Waals surface area contributed by atoms with Crippen molar-refractivity contribution in [3.8, 4) is 5.75 Å². The smallest absolute Gasteiger partial charge is 0.333 e. The van der Waals surface area contributed by atoms with E-state index in [1.807, 2.05) is 6.92 Å².